The van der Waals surface area contributed by atoms with Crippen LogP contribution < -0.4 is 10.6 Å². The van der Waals surface area contributed by atoms with Crippen molar-refractivity contribution in [2.24, 2.45) is 0 Å². The minimum atomic E-state index is -0.751. The average Bonchev–Trinajstić information content (AvgIpc) is 2.24. The van der Waals surface area contributed by atoms with E-state index in [4.69, 9.17) is 5.11 Å². The van der Waals surface area contributed by atoms with Crippen molar-refractivity contribution >= 4 is 11.6 Å². The van der Waals surface area contributed by atoms with Crippen molar-refractivity contribution in [3.63, 3.8) is 0 Å². The van der Waals surface area contributed by atoms with Gasteiger partial charge in [0.05, 0.1) is 6.54 Å². The van der Waals surface area contributed by atoms with E-state index in [-0.39, 0.29) is 12.5 Å². The summed E-state index contributed by atoms with van der Waals surface area (Å²) in [6.07, 6.45) is 0.946. The Bertz CT molecular complexity index is 369. The van der Waals surface area contributed by atoms with Crippen LogP contribution in [0.2, 0.25) is 0 Å². The largest absolute Gasteiger partial charge is 0.505 e. The summed E-state index contributed by atoms with van der Waals surface area (Å²) in [7, 11) is 0. The van der Waals surface area contributed by atoms with Crippen molar-refractivity contribution in [1.82, 2.24) is 5.32 Å². The van der Waals surface area contributed by atoms with Gasteiger partial charge >= 0.3 is 0 Å². The van der Waals surface area contributed by atoms with Crippen LogP contribution in [0.5, 0.6) is 5.75 Å². The minimum absolute atomic E-state index is 0.191. The molecule has 0 radical (unpaired) electrons. The second-order valence-corrected chi connectivity index (χ2v) is 3.39. The Morgan fingerprint density at radius 1 is 1.50 bits per heavy atom. The SMILES string of the molecule is CCCNCC(=O)Nc1ccc(O)c(F)c1. The number of benzene rings is 1. The number of halogens is 1. The summed E-state index contributed by atoms with van der Waals surface area (Å²) >= 11 is 0. The van der Waals surface area contributed by atoms with Crippen LogP contribution in [-0.4, -0.2) is 24.1 Å². The molecular weight excluding hydrogens is 211 g/mol. The van der Waals surface area contributed by atoms with Gasteiger partial charge in [-0.3, -0.25) is 4.79 Å². The van der Waals surface area contributed by atoms with E-state index in [0.29, 0.717) is 5.69 Å². The van der Waals surface area contributed by atoms with Gasteiger partial charge in [-0.15, -0.1) is 0 Å². The number of nitrogens with one attached hydrogen (secondary N) is 2. The third-order valence-corrected chi connectivity index (χ3v) is 1.94. The number of hydrogen-bond acceptors (Lipinski definition) is 3. The molecule has 0 aliphatic rings. The van der Waals surface area contributed by atoms with Gasteiger partial charge in [0.1, 0.15) is 0 Å². The lowest BCUT2D eigenvalue weighted by Crippen LogP contribution is -2.28. The van der Waals surface area contributed by atoms with Gasteiger partial charge in [-0.2, -0.15) is 0 Å². The standard InChI is InChI=1S/C11H15FN2O2/c1-2-5-13-7-11(16)14-8-3-4-10(15)9(12)6-8/h3-4,6,13,15H,2,5,7H2,1H3,(H,14,16). The Morgan fingerprint density at radius 2 is 2.25 bits per heavy atom. The van der Waals surface area contributed by atoms with Crippen molar-refractivity contribution in [2.75, 3.05) is 18.4 Å². The quantitative estimate of drug-likeness (QED) is 0.526. The van der Waals surface area contributed by atoms with Crippen LogP contribution >= 0.6 is 0 Å². The van der Waals surface area contributed by atoms with Gasteiger partial charge in [-0.05, 0) is 25.1 Å². The van der Waals surface area contributed by atoms with E-state index in [0.717, 1.165) is 19.0 Å². The first-order valence-corrected chi connectivity index (χ1v) is 5.12. The predicted octanol–water partition coefficient (Wildman–Crippen LogP) is 1.47. The van der Waals surface area contributed by atoms with Gasteiger partial charge in [-0.1, -0.05) is 6.92 Å². The Morgan fingerprint density at radius 3 is 2.88 bits per heavy atom. The van der Waals surface area contributed by atoms with Crippen LogP contribution in [0.3, 0.4) is 0 Å². The summed E-state index contributed by atoms with van der Waals surface area (Å²) in [6, 6.07) is 3.72. The molecule has 1 rings (SSSR count). The number of carbonyl (C=O) groups excluding carboxylic acids is 1. The number of amides is 1. The molecule has 1 aromatic rings. The Balaban J connectivity index is 2.46. The van der Waals surface area contributed by atoms with Crippen molar-refractivity contribution < 1.29 is 14.3 Å². The van der Waals surface area contributed by atoms with Crippen LogP contribution in [0.25, 0.3) is 0 Å². The van der Waals surface area contributed by atoms with E-state index in [2.05, 4.69) is 10.6 Å². The van der Waals surface area contributed by atoms with Gasteiger partial charge < -0.3 is 15.7 Å². The summed E-state index contributed by atoms with van der Waals surface area (Å²) in [5.41, 5.74) is 0.332. The molecule has 0 heterocycles. The van der Waals surface area contributed by atoms with E-state index < -0.39 is 11.6 Å². The highest BCUT2D eigenvalue weighted by atomic mass is 19.1. The van der Waals surface area contributed by atoms with Crippen molar-refractivity contribution in [1.29, 1.82) is 0 Å². The fourth-order valence-electron chi connectivity index (χ4n) is 1.17. The zero-order valence-corrected chi connectivity index (χ0v) is 9.09. The number of rotatable bonds is 5. The monoisotopic (exact) mass is 226 g/mol. The molecular formula is C11H15FN2O2. The fourth-order valence-corrected chi connectivity index (χ4v) is 1.17. The Labute approximate surface area is 93.5 Å². The smallest absolute Gasteiger partial charge is 0.238 e. The minimum Gasteiger partial charge on any atom is -0.505 e. The van der Waals surface area contributed by atoms with Crippen LogP contribution in [-0.2, 0) is 4.79 Å². The first kappa shape index (κ1) is 12.4. The van der Waals surface area contributed by atoms with Crippen molar-refractivity contribution in [3.8, 4) is 5.75 Å². The summed E-state index contributed by atoms with van der Waals surface area (Å²) in [5.74, 6) is -1.42. The van der Waals surface area contributed by atoms with E-state index >= 15 is 0 Å². The fraction of sp³-hybridized carbons (Fsp3) is 0.364. The third-order valence-electron chi connectivity index (χ3n) is 1.94. The van der Waals surface area contributed by atoms with Crippen molar-refractivity contribution in [2.45, 2.75) is 13.3 Å². The molecule has 0 saturated carbocycles. The molecule has 88 valence electrons. The first-order valence-electron chi connectivity index (χ1n) is 5.12. The van der Waals surface area contributed by atoms with Gasteiger partial charge in [0.25, 0.3) is 0 Å². The van der Waals surface area contributed by atoms with E-state index in [9.17, 15) is 9.18 Å². The predicted molar refractivity (Wildman–Crippen MR) is 59.9 cm³/mol. The lowest BCUT2D eigenvalue weighted by Gasteiger charge is -2.06. The molecule has 0 spiro atoms. The molecule has 5 heteroatoms. The highest BCUT2D eigenvalue weighted by Crippen LogP contribution is 2.18. The van der Waals surface area contributed by atoms with Crippen molar-refractivity contribution in [3.05, 3.63) is 24.0 Å². The number of hydrogen-bond donors (Lipinski definition) is 3. The second kappa shape index (κ2) is 6.07. The number of phenolic OH excluding ortho intramolecular Hbond substituents is 1. The first-order chi connectivity index (χ1) is 7.63. The van der Waals surface area contributed by atoms with Gasteiger partial charge in [0.15, 0.2) is 11.6 Å². The highest BCUT2D eigenvalue weighted by molar-refractivity contribution is 5.92. The molecule has 0 fully saturated rings. The summed E-state index contributed by atoms with van der Waals surface area (Å²) in [4.78, 5) is 11.3. The number of anilines is 1. The summed E-state index contributed by atoms with van der Waals surface area (Å²) < 4.78 is 12.9. The topological polar surface area (TPSA) is 61.4 Å². The molecule has 0 aromatic heterocycles. The molecule has 0 atom stereocenters. The second-order valence-electron chi connectivity index (χ2n) is 3.39. The highest BCUT2D eigenvalue weighted by Gasteiger charge is 2.04. The number of carbonyl (C=O) groups is 1. The Hall–Kier alpha value is -1.62. The third kappa shape index (κ3) is 3.86. The molecule has 0 unspecified atom stereocenters. The molecule has 1 amide bonds. The maximum Gasteiger partial charge on any atom is 0.238 e. The lowest BCUT2D eigenvalue weighted by molar-refractivity contribution is -0.115. The Kier molecular flexibility index (Phi) is 4.72. The molecule has 1 aromatic carbocycles. The number of aromatic hydroxyl groups is 1. The maximum atomic E-state index is 12.9. The van der Waals surface area contributed by atoms with E-state index in [1.54, 1.807) is 0 Å². The summed E-state index contributed by atoms with van der Waals surface area (Å²) in [5, 5.41) is 14.4. The zero-order chi connectivity index (χ0) is 12.0. The zero-order valence-electron chi connectivity index (χ0n) is 9.09. The molecule has 3 N–H and O–H groups in total. The molecule has 0 aliphatic carbocycles. The van der Waals surface area contributed by atoms with E-state index in [1.165, 1.54) is 12.1 Å². The van der Waals surface area contributed by atoms with Gasteiger partial charge in [0, 0.05) is 11.8 Å². The molecule has 0 saturated heterocycles. The number of phenols is 1. The average molecular weight is 226 g/mol. The lowest BCUT2D eigenvalue weighted by atomic mass is 10.3. The normalized spacial score (nSPS) is 10.1. The van der Waals surface area contributed by atoms with Gasteiger partial charge in [0.2, 0.25) is 5.91 Å². The van der Waals surface area contributed by atoms with Crippen LogP contribution in [0.1, 0.15) is 13.3 Å². The maximum absolute atomic E-state index is 12.9. The molecule has 0 bridgehead atoms. The van der Waals surface area contributed by atoms with Crippen LogP contribution in [0.4, 0.5) is 10.1 Å². The molecule has 0 aliphatic heterocycles. The summed E-state index contributed by atoms with van der Waals surface area (Å²) in [6.45, 7) is 2.95. The molecule has 4 nitrogen and oxygen atoms in total. The van der Waals surface area contributed by atoms with Crippen LogP contribution in [0.15, 0.2) is 18.2 Å². The van der Waals surface area contributed by atoms with E-state index in [1.807, 2.05) is 6.92 Å². The molecule has 16 heavy (non-hydrogen) atoms. The van der Waals surface area contributed by atoms with Crippen LogP contribution in [0, 0.1) is 5.82 Å². The van der Waals surface area contributed by atoms with Gasteiger partial charge in [-0.25, -0.2) is 4.39 Å².